The lowest BCUT2D eigenvalue weighted by Gasteiger charge is -2.14. The Morgan fingerprint density at radius 3 is 1.88 bits per heavy atom. The van der Waals surface area contributed by atoms with Crippen molar-refractivity contribution in [1.29, 1.82) is 0 Å². The van der Waals surface area contributed by atoms with E-state index in [-0.39, 0.29) is 0 Å². The van der Waals surface area contributed by atoms with Crippen molar-refractivity contribution >= 4 is 12.0 Å². The Labute approximate surface area is 151 Å². The minimum absolute atomic E-state index is 0.633. The fraction of sp³-hybridized carbons (Fsp3) is 0.571. The Bertz CT molecular complexity index is 490. The molecular formula is C21H32O4. The molecule has 0 saturated heterocycles. The molecule has 1 aromatic carbocycles. The monoisotopic (exact) mass is 348 g/mol. The third-order valence-corrected chi connectivity index (χ3v) is 3.93. The Morgan fingerprint density at radius 2 is 1.44 bits per heavy atom. The van der Waals surface area contributed by atoms with Gasteiger partial charge in [-0.2, -0.15) is 0 Å². The van der Waals surface area contributed by atoms with Crippen LogP contribution >= 0.6 is 0 Å². The molecule has 0 radical (unpaired) electrons. The molecule has 0 bridgehead atoms. The molecule has 4 heteroatoms. The number of carboxylic acid groups (broad SMARTS) is 1. The molecule has 0 spiro atoms. The Kier molecular flexibility index (Phi) is 11.2. The van der Waals surface area contributed by atoms with E-state index in [0.29, 0.717) is 30.3 Å². The molecule has 0 unspecified atom stereocenters. The van der Waals surface area contributed by atoms with Crippen LogP contribution in [0.3, 0.4) is 0 Å². The number of ether oxygens (including phenoxy) is 2. The van der Waals surface area contributed by atoms with Gasteiger partial charge in [0.1, 0.15) is 11.5 Å². The normalized spacial score (nSPS) is 11.0. The van der Waals surface area contributed by atoms with Crippen molar-refractivity contribution in [3.63, 3.8) is 0 Å². The van der Waals surface area contributed by atoms with Crippen LogP contribution in [0.4, 0.5) is 0 Å². The maximum absolute atomic E-state index is 10.9. The third kappa shape index (κ3) is 9.18. The van der Waals surface area contributed by atoms with Crippen molar-refractivity contribution in [2.45, 2.75) is 65.2 Å². The van der Waals surface area contributed by atoms with Gasteiger partial charge in [-0.25, -0.2) is 4.79 Å². The largest absolute Gasteiger partial charge is 0.493 e. The first-order chi connectivity index (χ1) is 12.2. The van der Waals surface area contributed by atoms with Crippen molar-refractivity contribution < 1.29 is 19.4 Å². The third-order valence-electron chi connectivity index (χ3n) is 3.93. The Morgan fingerprint density at radius 1 is 0.920 bits per heavy atom. The van der Waals surface area contributed by atoms with Gasteiger partial charge in [-0.15, -0.1) is 0 Å². The first-order valence-corrected chi connectivity index (χ1v) is 9.48. The van der Waals surface area contributed by atoms with E-state index < -0.39 is 5.97 Å². The van der Waals surface area contributed by atoms with Gasteiger partial charge < -0.3 is 14.6 Å². The molecule has 0 fully saturated rings. The van der Waals surface area contributed by atoms with E-state index >= 15 is 0 Å². The van der Waals surface area contributed by atoms with Crippen LogP contribution in [0.5, 0.6) is 11.5 Å². The summed E-state index contributed by atoms with van der Waals surface area (Å²) < 4.78 is 11.8. The highest BCUT2D eigenvalue weighted by molar-refractivity contribution is 5.86. The molecule has 140 valence electrons. The number of rotatable bonds is 14. The SMILES string of the molecule is CCCCCCOc1cccc(OCCCCCC)c1C=CC(=O)O. The van der Waals surface area contributed by atoms with Gasteiger partial charge in [-0.3, -0.25) is 0 Å². The van der Waals surface area contributed by atoms with Crippen LogP contribution in [-0.4, -0.2) is 24.3 Å². The minimum Gasteiger partial charge on any atom is -0.493 e. The summed E-state index contributed by atoms with van der Waals surface area (Å²) >= 11 is 0. The van der Waals surface area contributed by atoms with Crippen molar-refractivity contribution in [2.24, 2.45) is 0 Å². The summed E-state index contributed by atoms with van der Waals surface area (Å²) in [6, 6.07) is 5.62. The molecule has 4 nitrogen and oxygen atoms in total. The Hall–Kier alpha value is -1.97. The molecule has 0 heterocycles. The lowest BCUT2D eigenvalue weighted by Crippen LogP contribution is -2.03. The number of hydrogen-bond acceptors (Lipinski definition) is 3. The van der Waals surface area contributed by atoms with Gasteiger partial charge in [-0.05, 0) is 31.1 Å². The topological polar surface area (TPSA) is 55.8 Å². The van der Waals surface area contributed by atoms with Gasteiger partial charge in [0.05, 0.1) is 18.8 Å². The van der Waals surface area contributed by atoms with E-state index in [1.54, 1.807) is 6.08 Å². The number of carbonyl (C=O) groups is 1. The lowest BCUT2D eigenvalue weighted by atomic mass is 10.1. The average Bonchev–Trinajstić information content (AvgIpc) is 2.60. The number of hydrogen-bond donors (Lipinski definition) is 1. The van der Waals surface area contributed by atoms with Crippen LogP contribution in [0.25, 0.3) is 6.08 Å². The smallest absolute Gasteiger partial charge is 0.328 e. The predicted molar refractivity (Wildman–Crippen MR) is 102 cm³/mol. The second-order valence-electron chi connectivity index (χ2n) is 6.16. The fourth-order valence-electron chi connectivity index (χ4n) is 2.52. The zero-order valence-electron chi connectivity index (χ0n) is 15.6. The summed E-state index contributed by atoms with van der Waals surface area (Å²) in [6.45, 7) is 5.62. The summed E-state index contributed by atoms with van der Waals surface area (Å²) in [5.74, 6) is 0.381. The summed E-state index contributed by atoms with van der Waals surface area (Å²) in [6.07, 6.45) is 11.8. The van der Waals surface area contributed by atoms with Crippen LogP contribution in [-0.2, 0) is 4.79 Å². The van der Waals surface area contributed by atoms with Gasteiger partial charge in [0.25, 0.3) is 0 Å². The standard InChI is InChI=1S/C21H32O4/c1-3-5-7-9-16-24-19-12-11-13-20(18(19)14-15-21(22)23)25-17-10-8-6-4-2/h11-15H,3-10,16-17H2,1-2H3,(H,22,23). The molecule has 0 atom stereocenters. The quantitative estimate of drug-likeness (QED) is 0.346. The molecule has 1 N–H and O–H groups in total. The van der Waals surface area contributed by atoms with Crippen LogP contribution in [0.2, 0.25) is 0 Å². The second kappa shape index (κ2) is 13.3. The van der Waals surface area contributed by atoms with E-state index in [2.05, 4.69) is 13.8 Å². The molecule has 1 rings (SSSR count). The van der Waals surface area contributed by atoms with Gasteiger partial charge in [0.15, 0.2) is 0 Å². The zero-order chi connectivity index (χ0) is 18.3. The highest BCUT2D eigenvalue weighted by atomic mass is 16.5. The van der Waals surface area contributed by atoms with Crippen LogP contribution in [0.1, 0.15) is 70.8 Å². The average molecular weight is 348 g/mol. The maximum Gasteiger partial charge on any atom is 0.328 e. The molecule has 1 aromatic rings. The van der Waals surface area contributed by atoms with E-state index in [9.17, 15) is 4.79 Å². The van der Waals surface area contributed by atoms with Crippen molar-refractivity contribution in [3.05, 3.63) is 29.8 Å². The maximum atomic E-state index is 10.9. The molecule has 0 aromatic heterocycles. The molecular weight excluding hydrogens is 316 g/mol. The van der Waals surface area contributed by atoms with Crippen molar-refractivity contribution in [3.8, 4) is 11.5 Å². The van der Waals surface area contributed by atoms with E-state index in [1.165, 1.54) is 25.7 Å². The first kappa shape index (κ1) is 21.1. The number of benzene rings is 1. The van der Waals surface area contributed by atoms with Gasteiger partial charge in [-0.1, -0.05) is 58.4 Å². The number of unbranched alkanes of at least 4 members (excludes halogenated alkanes) is 6. The molecule has 0 aliphatic rings. The van der Waals surface area contributed by atoms with E-state index in [0.717, 1.165) is 31.8 Å². The molecule has 0 aliphatic heterocycles. The molecule has 0 amide bonds. The van der Waals surface area contributed by atoms with E-state index in [4.69, 9.17) is 14.6 Å². The summed E-state index contributed by atoms with van der Waals surface area (Å²) in [7, 11) is 0. The number of aliphatic carboxylic acids is 1. The lowest BCUT2D eigenvalue weighted by molar-refractivity contribution is -0.131. The van der Waals surface area contributed by atoms with Crippen molar-refractivity contribution in [2.75, 3.05) is 13.2 Å². The molecule has 0 aliphatic carbocycles. The number of carboxylic acids is 1. The van der Waals surface area contributed by atoms with E-state index in [1.807, 2.05) is 18.2 Å². The summed E-state index contributed by atoms with van der Waals surface area (Å²) in [5.41, 5.74) is 0.705. The zero-order valence-corrected chi connectivity index (χ0v) is 15.6. The molecule has 25 heavy (non-hydrogen) atoms. The summed E-state index contributed by atoms with van der Waals surface area (Å²) in [5, 5.41) is 8.93. The van der Waals surface area contributed by atoms with Crippen LogP contribution in [0, 0.1) is 0 Å². The fourth-order valence-corrected chi connectivity index (χ4v) is 2.52. The van der Waals surface area contributed by atoms with Crippen LogP contribution in [0.15, 0.2) is 24.3 Å². The second-order valence-corrected chi connectivity index (χ2v) is 6.16. The van der Waals surface area contributed by atoms with Crippen molar-refractivity contribution in [1.82, 2.24) is 0 Å². The first-order valence-electron chi connectivity index (χ1n) is 9.48. The predicted octanol–water partition coefficient (Wildman–Crippen LogP) is 5.70. The Balaban J connectivity index is 2.73. The van der Waals surface area contributed by atoms with Gasteiger partial charge in [0.2, 0.25) is 0 Å². The highest BCUT2D eigenvalue weighted by Gasteiger charge is 2.09. The minimum atomic E-state index is -0.980. The van der Waals surface area contributed by atoms with Gasteiger partial charge in [0, 0.05) is 6.08 Å². The molecule has 0 saturated carbocycles. The van der Waals surface area contributed by atoms with Crippen LogP contribution < -0.4 is 9.47 Å². The highest BCUT2D eigenvalue weighted by Crippen LogP contribution is 2.30. The summed E-state index contributed by atoms with van der Waals surface area (Å²) in [4.78, 5) is 10.9. The van der Waals surface area contributed by atoms with Gasteiger partial charge >= 0.3 is 5.97 Å².